The number of hydrogen-bond donors (Lipinski definition) is 0. The molecule has 0 radical (unpaired) electrons. The minimum atomic E-state index is -0.442. The van der Waals surface area contributed by atoms with Crippen LogP contribution in [0.5, 0.6) is 0 Å². The number of carbonyl (C=O) groups is 3. The van der Waals surface area contributed by atoms with Gasteiger partial charge in [0.1, 0.15) is 12.2 Å². The third kappa shape index (κ3) is 9.17. The first-order valence-electron chi connectivity index (χ1n) is 12.3. The lowest BCUT2D eigenvalue weighted by Crippen LogP contribution is -2.30. The van der Waals surface area contributed by atoms with E-state index in [0.29, 0.717) is 6.42 Å². The summed E-state index contributed by atoms with van der Waals surface area (Å²) < 4.78 is 15.6. The van der Waals surface area contributed by atoms with Crippen LogP contribution in [0.3, 0.4) is 0 Å². The molecule has 2 heterocycles. The molecular weight excluding hydrogens is 408 g/mol. The summed E-state index contributed by atoms with van der Waals surface area (Å²) in [5, 5.41) is 0. The van der Waals surface area contributed by atoms with Crippen LogP contribution in [-0.4, -0.2) is 36.2 Å². The SMILES string of the molecule is CC(=O)O[C@H]1[C@H](CCCCCC/C=C\CCCCCCC2=C[C@@H](C)OC2=O)C(=O)O[C@@H]1C. The van der Waals surface area contributed by atoms with Gasteiger partial charge < -0.3 is 14.2 Å². The summed E-state index contributed by atoms with van der Waals surface area (Å²) in [6.07, 6.45) is 18.3. The highest BCUT2D eigenvalue weighted by atomic mass is 16.6. The van der Waals surface area contributed by atoms with E-state index in [1.165, 1.54) is 19.8 Å². The molecule has 1 saturated heterocycles. The van der Waals surface area contributed by atoms with Crippen LogP contribution in [0, 0.1) is 5.92 Å². The van der Waals surface area contributed by atoms with Gasteiger partial charge in [-0.15, -0.1) is 0 Å². The Morgan fingerprint density at radius 3 is 2.16 bits per heavy atom. The van der Waals surface area contributed by atoms with Crippen molar-refractivity contribution in [3.05, 3.63) is 23.8 Å². The largest absolute Gasteiger partial charge is 0.458 e. The second-order valence-corrected chi connectivity index (χ2v) is 9.04. The molecule has 180 valence electrons. The molecule has 0 aliphatic carbocycles. The molecule has 0 spiro atoms. The molecule has 0 N–H and O–H groups in total. The first-order chi connectivity index (χ1) is 15.4. The highest BCUT2D eigenvalue weighted by Crippen LogP contribution is 2.29. The number of hydrogen-bond acceptors (Lipinski definition) is 6. The molecule has 0 aromatic carbocycles. The Morgan fingerprint density at radius 2 is 1.56 bits per heavy atom. The molecule has 0 aromatic heterocycles. The van der Waals surface area contributed by atoms with E-state index in [2.05, 4.69) is 12.2 Å². The van der Waals surface area contributed by atoms with Crippen LogP contribution >= 0.6 is 0 Å². The second-order valence-electron chi connectivity index (χ2n) is 9.04. The van der Waals surface area contributed by atoms with E-state index in [-0.39, 0.29) is 36.0 Å². The lowest BCUT2D eigenvalue weighted by atomic mass is 9.94. The fourth-order valence-corrected chi connectivity index (χ4v) is 4.41. The van der Waals surface area contributed by atoms with Gasteiger partial charge in [0.25, 0.3) is 0 Å². The smallest absolute Gasteiger partial charge is 0.334 e. The van der Waals surface area contributed by atoms with E-state index < -0.39 is 6.10 Å². The summed E-state index contributed by atoms with van der Waals surface area (Å²) in [5.74, 6) is -1.05. The molecule has 0 bridgehead atoms. The van der Waals surface area contributed by atoms with Gasteiger partial charge in [0.2, 0.25) is 0 Å². The van der Waals surface area contributed by atoms with Crippen LogP contribution in [0.4, 0.5) is 0 Å². The van der Waals surface area contributed by atoms with Crippen molar-refractivity contribution in [2.45, 2.75) is 116 Å². The van der Waals surface area contributed by atoms with Crippen LogP contribution < -0.4 is 0 Å². The van der Waals surface area contributed by atoms with Crippen molar-refractivity contribution in [3.8, 4) is 0 Å². The van der Waals surface area contributed by atoms with E-state index in [1.54, 1.807) is 6.92 Å². The van der Waals surface area contributed by atoms with Crippen LogP contribution in [0.1, 0.15) is 97.8 Å². The van der Waals surface area contributed by atoms with Gasteiger partial charge in [-0.05, 0) is 64.9 Å². The lowest BCUT2D eigenvalue weighted by molar-refractivity contribution is -0.150. The van der Waals surface area contributed by atoms with Crippen molar-refractivity contribution >= 4 is 17.9 Å². The number of unbranched alkanes of at least 4 members (excludes halogenated alkanes) is 8. The molecule has 2 aliphatic heterocycles. The van der Waals surface area contributed by atoms with Crippen molar-refractivity contribution in [2.24, 2.45) is 5.92 Å². The highest BCUT2D eigenvalue weighted by Gasteiger charge is 2.44. The van der Waals surface area contributed by atoms with E-state index in [4.69, 9.17) is 14.2 Å². The zero-order chi connectivity index (χ0) is 23.3. The molecule has 2 rings (SSSR count). The summed E-state index contributed by atoms with van der Waals surface area (Å²) in [6, 6.07) is 0. The normalized spacial score (nSPS) is 25.2. The average Bonchev–Trinajstić information content (AvgIpc) is 3.18. The van der Waals surface area contributed by atoms with E-state index >= 15 is 0 Å². The van der Waals surface area contributed by atoms with Crippen LogP contribution in [0.2, 0.25) is 0 Å². The Morgan fingerprint density at radius 1 is 0.938 bits per heavy atom. The van der Waals surface area contributed by atoms with Crippen LogP contribution in [0.25, 0.3) is 0 Å². The maximum Gasteiger partial charge on any atom is 0.334 e. The van der Waals surface area contributed by atoms with Crippen LogP contribution in [-0.2, 0) is 28.6 Å². The Labute approximate surface area is 192 Å². The first-order valence-corrected chi connectivity index (χ1v) is 12.3. The molecule has 1 fully saturated rings. The molecule has 0 unspecified atom stereocenters. The highest BCUT2D eigenvalue weighted by molar-refractivity contribution is 5.90. The van der Waals surface area contributed by atoms with Crippen LogP contribution in [0.15, 0.2) is 23.8 Å². The fourth-order valence-electron chi connectivity index (χ4n) is 4.41. The number of rotatable bonds is 15. The molecule has 4 atom stereocenters. The van der Waals surface area contributed by atoms with Crippen molar-refractivity contribution in [1.29, 1.82) is 0 Å². The Bertz CT molecular complexity index is 680. The minimum absolute atomic E-state index is 0.0581. The number of ether oxygens (including phenoxy) is 3. The molecule has 2 aliphatic rings. The van der Waals surface area contributed by atoms with Crippen molar-refractivity contribution in [1.82, 2.24) is 0 Å². The summed E-state index contributed by atoms with van der Waals surface area (Å²) in [6.45, 7) is 5.05. The maximum absolute atomic E-state index is 12.0. The number of esters is 3. The predicted molar refractivity (Wildman–Crippen MR) is 123 cm³/mol. The summed E-state index contributed by atoms with van der Waals surface area (Å²) in [7, 11) is 0. The van der Waals surface area contributed by atoms with Gasteiger partial charge in [-0.3, -0.25) is 9.59 Å². The molecule has 0 aromatic rings. The predicted octanol–water partition coefficient (Wildman–Crippen LogP) is 5.59. The molecule has 0 saturated carbocycles. The van der Waals surface area contributed by atoms with Gasteiger partial charge in [0, 0.05) is 12.5 Å². The molecule has 32 heavy (non-hydrogen) atoms. The third-order valence-electron chi connectivity index (χ3n) is 6.13. The number of cyclic esters (lactones) is 2. The van der Waals surface area contributed by atoms with Gasteiger partial charge >= 0.3 is 17.9 Å². The fraction of sp³-hybridized carbons (Fsp3) is 0.731. The molecular formula is C26H40O6. The maximum atomic E-state index is 12.0. The van der Waals surface area contributed by atoms with Crippen molar-refractivity contribution < 1.29 is 28.6 Å². The number of allylic oxidation sites excluding steroid dienone is 2. The lowest BCUT2D eigenvalue weighted by Gasteiger charge is -2.18. The topological polar surface area (TPSA) is 78.9 Å². The quantitative estimate of drug-likeness (QED) is 0.141. The summed E-state index contributed by atoms with van der Waals surface area (Å²) >= 11 is 0. The molecule has 0 amide bonds. The Balaban J connectivity index is 1.42. The Kier molecular flexibility index (Phi) is 11.5. The van der Waals surface area contributed by atoms with Gasteiger partial charge in [-0.25, -0.2) is 4.79 Å². The monoisotopic (exact) mass is 448 g/mol. The van der Waals surface area contributed by atoms with Gasteiger partial charge in [0.15, 0.2) is 6.10 Å². The van der Waals surface area contributed by atoms with Crippen molar-refractivity contribution in [3.63, 3.8) is 0 Å². The minimum Gasteiger partial charge on any atom is -0.458 e. The zero-order valence-electron chi connectivity index (χ0n) is 20.0. The summed E-state index contributed by atoms with van der Waals surface area (Å²) in [5.41, 5.74) is 0.847. The second kappa shape index (κ2) is 14.1. The van der Waals surface area contributed by atoms with Gasteiger partial charge in [-0.1, -0.05) is 44.3 Å². The van der Waals surface area contributed by atoms with Gasteiger partial charge in [-0.2, -0.15) is 0 Å². The Hall–Kier alpha value is -2.11. The van der Waals surface area contributed by atoms with Gasteiger partial charge in [0.05, 0.1) is 5.92 Å². The van der Waals surface area contributed by atoms with E-state index in [9.17, 15) is 14.4 Å². The molecule has 6 nitrogen and oxygen atoms in total. The van der Waals surface area contributed by atoms with Crippen molar-refractivity contribution in [2.75, 3.05) is 0 Å². The first kappa shape index (κ1) is 26.1. The van der Waals surface area contributed by atoms with E-state index in [1.807, 2.05) is 13.0 Å². The summed E-state index contributed by atoms with van der Waals surface area (Å²) in [4.78, 5) is 34.7. The zero-order valence-corrected chi connectivity index (χ0v) is 20.0. The average molecular weight is 449 g/mol. The molecule has 6 heteroatoms. The third-order valence-corrected chi connectivity index (χ3v) is 6.13. The standard InChI is InChI=1S/C26H40O6/c1-19-18-22(25(28)30-19)16-14-12-10-8-6-4-5-7-9-11-13-15-17-23-24(32-21(3)27)20(2)31-26(23)29/h4-5,18-20,23-24H,6-17H2,1-3H3/b5-4-/t19-,20-,23+,24-/m1/s1. The van der Waals surface area contributed by atoms with E-state index in [0.717, 1.165) is 63.4 Å². The number of carbonyl (C=O) groups excluding carboxylic acids is 3.